The number of rotatable bonds is 4. The van der Waals surface area contributed by atoms with Crippen LogP contribution >= 0.6 is 24.8 Å². The number of nitrogen functional groups attached to an aromatic ring is 1. The molecule has 1 atom stereocenters. The van der Waals surface area contributed by atoms with E-state index in [9.17, 15) is 13.2 Å². The smallest absolute Gasteiger partial charge is 0.399 e. The molecule has 2 aliphatic rings. The van der Waals surface area contributed by atoms with Gasteiger partial charge in [0.05, 0.1) is 11.3 Å². The summed E-state index contributed by atoms with van der Waals surface area (Å²) in [6.45, 7) is 1.75. The molecule has 1 aliphatic carbocycles. The molecule has 1 aromatic heterocycles. The zero-order chi connectivity index (χ0) is 20.6. The van der Waals surface area contributed by atoms with E-state index >= 15 is 0 Å². The van der Waals surface area contributed by atoms with Crippen molar-refractivity contribution in [3.05, 3.63) is 35.0 Å². The maximum atomic E-state index is 13.1. The number of anilines is 4. The second-order valence-electron chi connectivity index (χ2n) is 7.69. The molecular formula is C20H27Cl2F3N6. The van der Waals surface area contributed by atoms with Crippen LogP contribution in [0.4, 0.5) is 36.3 Å². The Hall–Kier alpha value is -1.97. The summed E-state index contributed by atoms with van der Waals surface area (Å²) in [4.78, 5) is 11.6. The number of hydrogen-bond acceptors (Lipinski definition) is 6. The standard InChI is InChI=1S/C20H25F3N6.2ClH/c1-25-14-6-7-29(11-14)18-16-4-2-3-5-17(16)27-19(28-18)26-15-9-12(20(21,22)23)8-13(24)10-15;;/h8-10,14,25H,2-7,11,24H2,1H3,(H,26,27,28);2*1H. The minimum absolute atomic E-state index is 0. The maximum Gasteiger partial charge on any atom is 0.416 e. The van der Waals surface area contributed by atoms with Crippen LogP contribution in [-0.2, 0) is 19.0 Å². The molecular weight excluding hydrogens is 452 g/mol. The number of likely N-dealkylation sites (N-methyl/N-ethyl adjacent to an activating group) is 1. The van der Waals surface area contributed by atoms with Gasteiger partial charge in [0.25, 0.3) is 0 Å². The Morgan fingerprint density at radius 1 is 1.10 bits per heavy atom. The molecule has 0 amide bonds. The van der Waals surface area contributed by atoms with Crippen molar-refractivity contribution in [2.24, 2.45) is 0 Å². The van der Waals surface area contributed by atoms with E-state index in [1.54, 1.807) is 0 Å². The zero-order valence-electron chi connectivity index (χ0n) is 17.1. The summed E-state index contributed by atoms with van der Waals surface area (Å²) in [6.07, 6.45) is 0.505. The van der Waals surface area contributed by atoms with E-state index in [0.29, 0.717) is 12.0 Å². The van der Waals surface area contributed by atoms with Gasteiger partial charge in [-0.3, -0.25) is 0 Å². The SMILES string of the molecule is CNC1CCN(c2nc(Nc3cc(N)cc(C(F)(F)F)c3)nc3c2CCCC3)C1.Cl.Cl. The molecule has 1 aromatic carbocycles. The first-order chi connectivity index (χ1) is 13.8. The number of halogens is 5. The first kappa shape index (κ1) is 25.3. The van der Waals surface area contributed by atoms with Crippen molar-refractivity contribution in [3.8, 4) is 0 Å². The maximum absolute atomic E-state index is 13.1. The quantitative estimate of drug-likeness (QED) is 0.567. The number of nitrogens with one attached hydrogen (secondary N) is 2. The van der Waals surface area contributed by atoms with Crippen LogP contribution in [0.5, 0.6) is 0 Å². The molecule has 2 heterocycles. The fourth-order valence-electron chi connectivity index (χ4n) is 4.10. The minimum Gasteiger partial charge on any atom is -0.399 e. The molecule has 172 valence electrons. The lowest BCUT2D eigenvalue weighted by atomic mass is 9.96. The lowest BCUT2D eigenvalue weighted by Crippen LogP contribution is -2.31. The molecule has 1 unspecified atom stereocenters. The van der Waals surface area contributed by atoms with Gasteiger partial charge in [-0.15, -0.1) is 24.8 Å². The number of alkyl halides is 3. The highest BCUT2D eigenvalue weighted by atomic mass is 35.5. The Balaban J connectivity index is 0.00000171. The van der Waals surface area contributed by atoms with Gasteiger partial charge in [0, 0.05) is 36.1 Å². The number of aryl methyl sites for hydroxylation is 1. The van der Waals surface area contributed by atoms with Crippen molar-refractivity contribution in [1.29, 1.82) is 0 Å². The Morgan fingerprint density at radius 3 is 2.52 bits per heavy atom. The van der Waals surface area contributed by atoms with Crippen molar-refractivity contribution in [2.75, 3.05) is 36.1 Å². The Morgan fingerprint density at radius 2 is 1.84 bits per heavy atom. The number of nitrogens with two attached hydrogens (primary N) is 1. The van der Waals surface area contributed by atoms with Crippen LogP contribution in [0, 0.1) is 0 Å². The lowest BCUT2D eigenvalue weighted by molar-refractivity contribution is -0.137. The van der Waals surface area contributed by atoms with Gasteiger partial charge in [0.2, 0.25) is 5.95 Å². The fraction of sp³-hybridized carbons (Fsp3) is 0.500. The normalized spacial score (nSPS) is 18.1. The Bertz CT molecular complexity index is 909. The van der Waals surface area contributed by atoms with Crippen molar-refractivity contribution in [3.63, 3.8) is 0 Å². The molecule has 11 heteroatoms. The van der Waals surface area contributed by atoms with Crippen molar-refractivity contribution in [1.82, 2.24) is 15.3 Å². The fourth-order valence-corrected chi connectivity index (χ4v) is 4.10. The number of benzene rings is 1. The average Bonchev–Trinajstić information content (AvgIpc) is 3.15. The zero-order valence-corrected chi connectivity index (χ0v) is 18.8. The lowest BCUT2D eigenvalue weighted by Gasteiger charge is -2.25. The largest absolute Gasteiger partial charge is 0.416 e. The summed E-state index contributed by atoms with van der Waals surface area (Å²) in [5.74, 6) is 1.21. The van der Waals surface area contributed by atoms with Crippen LogP contribution in [0.2, 0.25) is 0 Å². The summed E-state index contributed by atoms with van der Waals surface area (Å²) >= 11 is 0. The number of nitrogens with zero attached hydrogens (tertiary/aromatic N) is 3. The van der Waals surface area contributed by atoms with Gasteiger partial charge in [0.15, 0.2) is 0 Å². The summed E-state index contributed by atoms with van der Waals surface area (Å²) < 4.78 is 39.4. The molecule has 2 aromatic rings. The first-order valence-corrected chi connectivity index (χ1v) is 9.90. The molecule has 4 N–H and O–H groups in total. The van der Waals surface area contributed by atoms with E-state index < -0.39 is 11.7 Å². The van der Waals surface area contributed by atoms with E-state index in [0.717, 1.165) is 68.8 Å². The van der Waals surface area contributed by atoms with Gasteiger partial charge in [0.1, 0.15) is 5.82 Å². The number of aromatic nitrogens is 2. The van der Waals surface area contributed by atoms with Gasteiger partial charge in [-0.05, 0) is 57.4 Å². The summed E-state index contributed by atoms with van der Waals surface area (Å²) in [5.41, 5.74) is 7.31. The summed E-state index contributed by atoms with van der Waals surface area (Å²) in [6, 6.07) is 3.83. The summed E-state index contributed by atoms with van der Waals surface area (Å²) in [5, 5.41) is 6.26. The Kier molecular flexibility index (Phi) is 8.24. The number of fused-ring (bicyclic) bond motifs is 1. The third kappa shape index (κ3) is 5.64. The topological polar surface area (TPSA) is 79.1 Å². The van der Waals surface area contributed by atoms with E-state index in [-0.39, 0.29) is 36.2 Å². The van der Waals surface area contributed by atoms with Crippen LogP contribution < -0.4 is 21.3 Å². The molecule has 4 rings (SSSR count). The molecule has 1 saturated heterocycles. The second kappa shape index (κ2) is 10.1. The number of hydrogen-bond donors (Lipinski definition) is 3. The van der Waals surface area contributed by atoms with Crippen molar-refractivity contribution in [2.45, 2.75) is 44.3 Å². The molecule has 6 nitrogen and oxygen atoms in total. The third-order valence-corrected chi connectivity index (χ3v) is 5.60. The van der Waals surface area contributed by atoms with Crippen molar-refractivity contribution >= 4 is 48.0 Å². The summed E-state index contributed by atoms with van der Waals surface area (Å²) in [7, 11) is 1.95. The van der Waals surface area contributed by atoms with E-state index in [1.807, 2.05) is 7.05 Å². The predicted molar refractivity (Wildman–Crippen MR) is 122 cm³/mol. The first-order valence-electron chi connectivity index (χ1n) is 9.90. The van der Waals surface area contributed by atoms with E-state index in [2.05, 4.69) is 20.5 Å². The molecule has 0 bridgehead atoms. The van der Waals surface area contributed by atoms with Gasteiger partial charge in [-0.1, -0.05) is 0 Å². The molecule has 1 aliphatic heterocycles. The van der Waals surface area contributed by atoms with Gasteiger partial charge < -0.3 is 21.3 Å². The molecule has 0 saturated carbocycles. The van der Waals surface area contributed by atoms with Crippen LogP contribution in [0.1, 0.15) is 36.1 Å². The van der Waals surface area contributed by atoms with Crippen LogP contribution in [-0.4, -0.2) is 36.1 Å². The highest BCUT2D eigenvalue weighted by Crippen LogP contribution is 2.35. The van der Waals surface area contributed by atoms with E-state index in [4.69, 9.17) is 10.7 Å². The average molecular weight is 479 g/mol. The van der Waals surface area contributed by atoms with Gasteiger partial charge >= 0.3 is 6.18 Å². The minimum atomic E-state index is -4.47. The third-order valence-electron chi connectivity index (χ3n) is 5.60. The van der Waals surface area contributed by atoms with Gasteiger partial charge in [-0.25, -0.2) is 4.98 Å². The Labute approximate surface area is 192 Å². The highest BCUT2D eigenvalue weighted by Gasteiger charge is 2.31. The highest BCUT2D eigenvalue weighted by molar-refractivity contribution is 5.85. The van der Waals surface area contributed by atoms with Gasteiger partial charge in [-0.2, -0.15) is 18.2 Å². The van der Waals surface area contributed by atoms with Crippen molar-refractivity contribution < 1.29 is 13.2 Å². The van der Waals surface area contributed by atoms with Crippen LogP contribution in [0.3, 0.4) is 0 Å². The van der Waals surface area contributed by atoms with Crippen LogP contribution in [0.15, 0.2) is 18.2 Å². The monoisotopic (exact) mass is 478 g/mol. The second-order valence-corrected chi connectivity index (χ2v) is 7.69. The molecule has 0 spiro atoms. The molecule has 31 heavy (non-hydrogen) atoms. The predicted octanol–water partition coefficient (Wildman–Crippen LogP) is 4.34. The molecule has 0 radical (unpaired) electrons. The van der Waals surface area contributed by atoms with Crippen LogP contribution in [0.25, 0.3) is 0 Å². The molecule has 1 fully saturated rings. The van der Waals surface area contributed by atoms with E-state index in [1.165, 1.54) is 11.6 Å².